The molecule has 1 amide bonds. The summed E-state index contributed by atoms with van der Waals surface area (Å²) in [4.78, 5) is 14.6. The summed E-state index contributed by atoms with van der Waals surface area (Å²) < 4.78 is 5.08. The zero-order valence-electron chi connectivity index (χ0n) is 11.3. The van der Waals surface area contributed by atoms with Gasteiger partial charge in [-0.05, 0) is 30.7 Å². The second-order valence-corrected chi connectivity index (χ2v) is 5.84. The molecule has 0 aliphatic carbocycles. The largest absolute Gasteiger partial charge is 0.497 e. The van der Waals surface area contributed by atoms with Crippen LogP contribution in [0.25, 0.3) is 0 Å². The van der Waals surface area contributed by atoms with Crippen molar-refractivity contribution in [1.29, 1.82) is 0 Å². The van der Waals surface area contributed by atoms with E-state index in [2.05, 4.69) is 0 Å². The highest BCUT2D eigenvalue weighted by molar-refractivity contribution is 8.00. The normalized spacial score (nSPS) is 16.9. The third kappa shape index (κ3) is 3.42. The number of likely N-dealkylation sites (tertiary alicyclic amines) is 1. The van der Waals surface area contributed by atoms with Gasteiger partial charge in [-0.25, -0.2) is 0 Å². The summed E-state index contributed by atoms with van der Waals surface area (Å²) in [7, 11) is 1.63. The minimum atomic E-state index is -0.652. The van der Waals surface area contributed by atoms with Gasteiger partial charge in [0.05, 0.1) is 31.6 Å². The van der Waals surface area contributed by atoms with Gasteiger partial charge in [-0.2, -0.15) is 0 Å². The molecule has 1 aromatic carbocycles. The lowest BCUT2D eigenvalue weighted by Gasteiger charge is -2.46. The van der Waals surface area contributed by atoms with Crippen molar-refractivity contribution < 1.29 is 14.6 Å². The summed E-state index contributed by atoms with van der Waals surface area (Å²) in [5.74, 6) is 1.30. The van der Waals surface area contributed by atoms with Crippen molar-refractivity contribution in [1.82, 2.24) is 4.90 Å². The first-order valence-electron chi connectivity index (χ1n) is 6.33. The van der Waals surface area contributed by atoms with E-state index < -0.39 is 5.60 Å². The van der Waals surface area contributed by atoms with E-state index in [0.29, 0.717) is 25.3 Å². The number of carbonyl (C=O) groups excluding carboxylic acids is 1. The van der Waals surface area contributed by atoms with Crippen molar-refractivity contribution in [3.63, 3.8) is 0 Å². The van der Waals surface area contributed by atoms with Crippen molar-refractivity contribution in [2.24, 2.45) is 0 Å². The van der Waals surface area contributed by atoms with Gasteiger partial charge in [0.1, 0.15) is 5.75 Å². The molecule has 4 nitrogen and oxygen atoms in total. The van der Waals surface area contributed by atoms with Crippen LogP contribution in [0.3, 0.4) is 0 Å². The van der Waals surface area contributed by atoms with Crippen molar-refractivity contribution in [2.45, 2.75) is 23.8 Å². The molecule has 0 atom stereocenters. The molecule has 1 N–H and O–H groups in total. The Morgan fingerprint density at radius 3 is 2.58 bits per heavy atom. The Bertz CT molecular complexity index is 441. The maximum absolute atomic E-state index is 11.9. The lowest BCUT2D eigenvalue weighted by Crippen LogP contribution is -2.63. The van der Waals surface area contributed by atoms with Gasteiger partial charge in [0.25, 0.3) is 0 Å². The van der Waals surface area contributed by atoms with Gasteiger partial charge in [-0.1, -0.05) is 6.92 Å². The number of amides is 1. The van der Waals surface area contributed by atoms with E-state index in [1.165, 1.54) is 11.8 Å². The van der Waals surface area contributed by atoms with Gasteiger partial charge in [0.2, 0.25) is 5.91 Å². The lowest BCUT2D eigenvalue weighted by molar-refractivity contribution is -0.152. The molecule has 1 aromatic rings. The zero-order chi connectivity index (χ0) is 13.9. The van der Waals surface area contributed by atoms with Crippen LogP contribution in [0.4, 0.5) is 0 Å². The molecule has 1 aliphatic rings. The van der Waals surface area contributed by atoms with Crippen LogP contribution in [0.15, 0.2) is 29.2 Å². The van der Waals surface area contributed by atoms with E-state index in [-0.39, 0.29) is 5.91 Å². The molecule has 1 fully saturated rings. The maximum atomic E-state index is 11.9. The monoisotopic (exact) mass is 281 g/mol. The number of rotatable bonds is 5. The molecule has 0 saturated carbocycles. The molecule has 2 rings (SSSR count). The highest BCUT2D eigenvalue weighted by atomic mass is 32.2. The van der Waals surface area contributed by atoms with E-state index in [4.69, 9.17) is 4.74 Å². The van der Waals surface area contributed by atoms with Gasteiger partial charge in [-0.15, -0.1) is 11.8 Å². The number of ether oxygens (including phenoxy) is 1. The van der Waals surface area contributed by atoms with Crippen LogP contribution in [0.1, 0.15) is 13.3 Å². The quantitative estimate of drug-likeness (QED) is 0.836. The first kappa shape index (κ1) is 14.2. The number of methoxy groups -OCH3 is 1. The topological polar surface area (TPSA) is 49.8 Å². The van der Waals surface area contributed by atoms with E-state index in [0.717, 1.165) is 10.6 Å². The summed E-state index contributed by atoms with van der Waals surface area (Å²) in [5.41, 5.74) is -0.652. The summed E-state index contributed by atoms with van der Waals surface area (Å²) in [5, 5.41) is 9.87. The fraction of sp³-hybridized carbons (Fsp3) is 0.500. The Morgan fingerprint density at radius 2 is 2.05 bits per heavy atom. The van der Waals surface area contributed by atoms with Gasteiger partial charge in [0, 0.05) is 4.90 Å². The molecule has 5 heteroatoms. The SMILES string of the molecule is CCC1(O)CN(C(=O)CSc2ccc(OC)cc2)C1. The fourth-order valence-corrected chi connectivity index (χ4v) is 2.77. The number of carbonyl (C=O) groups is 1. The smallest absolute Gasteiger partial charge is 0.233 e. The standard InChI is InChI=1S/C14H19NO3S/c1-3-14(17)9-15(10-14)13(16)8-19-12-6-4-11(18-2)5-7-12/h4-7,17H,3,8-10H2,1-2H3. The third-order valence-corrected chi connectivity index (χ3v) is 4.40. The number of hydrogen-bond donors (Lipinski definition) is 1. The molecule has 1 heterocycles. The van der Waals surface area contributed by atoms with Gasteiger partial charge < -0.3 is 14.7 Å². The first-order chi connectivity index (χ1) is 9.06. The second kappa shape index (κ2) is 5.84. The fourth-order valence-electron chi connectivity index (χ4n) is 1.97. The van der Waals surface area contributed by atoms with Crippen molar-refractivity contribution in [2.75, 3.05) is 26.0 Å². The third-order valence-electron chi connectivity index (χ3n) is 3.40. The Kier molecular flexibility index (Phi) is 4.37. The van der Waals surface area contributed by atoms with Crippen LogP contribution in [0, 0.1) is 0 Å². The number of hydrogen-bond acceptors (Lipinski definition) is 4. The van der Waals surface area contributed by atoms with Crippen molar-refractivity contribution in [3.8, 4) is 5.75 Å². The van der Waals surface area contributed by atoms with Gasteiger partial charge >= 0.3 is 0 Å². The summed E-state index contributed by atoms with van der Waals surface area (Å²) in [6, 6.07) is 7.64. The Hall–Kier alpha value is -1.20. The summed E-state index contributed by atoms with van der Waals surface area (Å²) in [6.45, 7) is 2.87. The minimum absolute atomic E-state index is 0.0824. The zero-order valence-corrected chi connectivity index (χ0v) is 12.1. The molecule has 0 bridgehead atoms. The van der Waals surface area contributed by atoms with Crippen molar-refractivity contribution >= 4 is 17.7 Å². The molecule has 0 spiro atoms. The highest BCUT2D eigenvalue weighted by Gasteiger charge is 2.41. The molecule has 1 saturated heterocycles. The molecule has 0 aromatic heterocycles. The Morgan fingerprint density at radius 1 is 1.42 bits per heavy atom. The van der Waals surface area contributed by atoms with E-state index in [1.807, 2.05) is 31.2 Å². The lowest BCUT2D eigenvalue weighted by atomic mass is 9.91. The molecule has 0 radical (unpaired) electrons. The molecular formula is C14H19NO3S. The molecular weight excluding hydrogens is 262 g/mol. The number of nitrogens with zero attached hydrogens (tertiary/aromatic N) is 1. The number of aliphatic hydroxyl groups is 1. The Balaban J connectivity index is 1.78. The Labute approximate surface area is 117 Å². The average Bonchev–Trinajstić information content (AvgIpc) is 2.41. The molecule has 0 unspecified atom stereocenters. The van der Waals surface area contributed by atoms with Crippen LogP contribution < -0.4 is 4.74 Å². The van der Waals surface area contributed by atoms with Crippen LogP contribution >= 0.6 is 11.8 Å². The van der Waals surface area contributed by atoms with Crippen LogP contribution in [0.2, 0.25) is 0 Å². The molecule has 19 heavy (non-hydrogen) atoms. The summed E-state index contributed by atoms with van der Waals surface area (Å²) in [6.07, 6.45) is 0.697. The van der Waals surface area contributed by atoms with Crippen molar-refractivity contribution in [3.05, 3.63) is 24.3 Å². The maximum Gasteiger partial charge on any atom is 0.233 e. The molecule has 104 valence electrons. The van der Waals surface area contributed by atoms with E-state index in [1.54, 1.807) is 12.0 Å². The second-order valence-electron chi connectivity index (χ2n) is 4.79. The average molecular weight is 281 g/mol. The van der Waals surface area contributed by atoms with E-state index in [9.17, 15) is 9.90 Å². The van der Waals surface area contributed by atoms with Crippen LogP contribution in [-0.2, 0) is 4.79 Å². The number of β-amino-alcohol motifs (C(OH)–C–C–N with tert-alkyl or cyclic N) is 1. The number of thioether (sulfide) groups is 1. The highest BCUT2D eigenvalue weighted by Crippen LogP contribution is 2.26. The predicted molar refractivity (Wildman–Crippen MR) is 75.5 cm³/mol. The molecule has 1 aliphatic heterocycles. The number of benzene rings is 1. The minimum Gasteiger partial charge on any atom is -0.497 e. The first-order valence-corrected chi connectivity index (χ1v) is 7.32. The van der Waals surface area contributed by atoms with E-state index >= 15 is 0 Å². The van der Waals surface area contributed by atoms with Gasteiger partial charge in [0.15, 0.2) is 0 Å². The van der Waals surface area contributed by atoms with Gasteiger partial charge in [-0.3, -0.25) is 4.79 Å². The summed E-state index contributed by atoms with van der Waals surface area (Å²) >= 11 is 1.50. The van der Waals surface area contributed by atoms with Crippen LogP contribution in [-0.4, -0.2) is 47.5 Å². The predicted octanol–water partition coefficient (Wildman–Crippen LogP) is 1.77. The van der Waals surface area contributed by atoms with Crippen LogP contribution in [0.5, 0.6) is 5.75 Å².